The molecular formula is C13H15N3O2S. The summed E-state index contributed by atoms with van der Waals surface area (Å²) in [6.07, 6.45) is 1.59. The average molecular weight is 277 g/mol. The van der Waals surface area contributed by atoms with Crippen molar-refractivity contribution in [2.75, 3.05) is 13.7 Å². The molecule has 0 unspecified atom stereocenters. The molecular weight excluding hydrogens is 262 g/mol. The van der Waals surface area contributed by atoms with Crippen molar-refractivity contribution >= 4 is 17.2 Å². The lowest BCUT2D eigenvalue weighted by molar-refractivity contribution is 0.312. The lowest BCUT2D eigenvalue weighted by Crippen LogP contribution is -2.08. The second-order valence-corrected chi connectivity index (χ2v) is 4.74. The Morgan fingerprint density at radius 1 is 1.47 bits per heavy atom. The van der Waals surface area contributed by atoms with Crippen molar-refractivity contribution in [3.05, 3.63) is 29.3 Å². The molecule has 0 spiro atoms. The van der Waals surface area contributed by atoms with Crippen molar-refractivity contribution in [1.29, 1.82) is 5.41 Å². The Labute approximate surface area is 115 Å². The number of nitrogen functional groups attached to an aromatic ring is 1. The minimum Gasteiger partial charge on any atom is -0.493 e. The van der Waals surface area contributed by atoms with E-state index in [1.54, 1.807) is 13.3 Å². The number of amidine groups is 1. The van der Waals surface area contributed by atoms with E-state index in [9.17, 15) is 0 Å². The van der Waals surface area contributed by atoms with Gasteiger partial charge in [0, 0.05) is 6.20 Å². The maximum Gasteiger partial charge on any atom is 0.171 e. The van der Waals surface area contributed by atoms with Gasteiger partial charge in [-0.3, -0.25) is 5.41 Å². The largest absolute Gasteiger partial charge is 0.493 e. The van der Waals surface area contributed by atoms with Gasteiger partial charge in [0.1, 0.15) is 10.8 Å². The van der Waals surface area contributed by atoms with Crippen molar-refractivity contribution in [1.82, 2.24) is 4.98 Å². The van der Waals surface area contributed by atoms with Gasteiger partial charge in [-0.1, -0.05) is 6.07 Å². The van der Waals surface area contributed by atoms with Gasteiger partial charge in [-0.2, -0.15) is 0 Å². The van der Waals surface area contributed by atoms with Crippen molar-refractivity contribution in [3.8, 4) is 22.1 Å². The summed E-state index contributed by atoms with van der Waals surface area (Å²) in [4.78, 5) is 4.93. The van der Waals surface area contributed by atoms with E-state index in [-0.39, 0.29) is 5.84 Å². The Bertz CT molecular complexity index is 595. The van der Waals surface area contributed by atoms with Crippen molar-refractivity contribution in [3.63, 3.8) is 0 Å². The van der Waals surface area contributed by atoms with Crippen LogP contribution < -0.4 is 15.2 Å². The summed E-state index contributed by atoms with van der Waals surface area (Å²) in [6, 6.07) is 5.63. The number of aromatic nitrogens is 1. The summed E-state index contributed by atoms with van der Waals surface area (Å²) in [5.41, 5.74) is 6.30. The zero-order valence-electron chi connectivity index (χ0n) is 10.8. The Hall–Kier alpha value is -2.08. The number of hydrogen-bond donors (Lipinski definition) is 2. The predicted octanol–water partition coefficient (Wildman–Crippen LogP) is 2.50. The van der Waals surface area contributed by atoms with Gasteiger partial charge in [0.25, 0.3) is 0 Å². The van der Waals surface area contributed by atoms with Crippen LogP contribution in [0.2, 0.25) is 0 Å². The molecule has 5 nitrogen and oxygen atoms in total. The number of ether oxygens (including phenoxy) is 2. The normalized spacial score (nSPS) is 10.2. The van der Waals surface area contributed by atoms with Crippen LogP contribution >= 0.6 is 11.3 Å². The summed E-state index contributed by atoms with van der Waals surface area (Å²) in [5.74, 6) is 1.35. The van der Waals surface area contributed by atoms with E-state index in [2.05, 4.69) is 4.98 Å². The molecule has 0 bridgehead atoms. The first kappa shape index (κ1) is 13.4. The minimum absolute atomic E-state index is 0.0182. The maximum atomic E-state index is 7.42. The first-order chi connectivity index (χ1) is 9.17. The number of nitrogens with one attached hydrogen (secondary N) is 1. The molecule has 1 aromatic carbocycles. The number of para-hydroxylation sites is 1. The molecule has 2 rings (SSSR count). The van der Waals surface area contributed by atoms with E-state index in [0.29, 0.717) is 23.0 Å². The first-order valence-corrected chi connectivity index (χ1v) is 6.59. The van der Waals surface area contributed by atoms with E-state index in [4.69, 9.17) is 20.6 Å². The molecule has 0 aliphatic rings. The zero-order chi connectivity index (χ0) is 13.8. The number of nitrogens with zero attached hydrogens (tertiary/aromatic N) is 1. The number of nitrogens with two attached hydrogens (primary N) is 1. The van der Waals surface area contributed by atoms with Gasteiger partial charge in [-0.25, -0.2) is 4.98 Å². The van der Waals surface area contributed by atoms with Gasteiger partial charge < -0.3 is 15.2 Å². The van der Waals surface area contributed by atoms with Gasteiger partial charge in [0.2, 0.25) is 0 Å². The highest BCUT2D eigenvalue weighted by Gasteiger charge is 2.15. The molecule has 2 aromatic rings. The van der Waals surface area contributed by atoms with E-state index in [0.717, 1.165) is 10.6 Å². The van der Waals surface area contributed by atoms with Crippen LogP contribution in [0.5, 0.6) is 11.5 Å². The number of hydrogen-bond acceptors (Lipinski definition) is 5. The fourth-order valence-corrected chi connectivity index (χ4v) is 2.46. The van der Waals surface area contributed by atoms with Crippen LogP contribution in [0.15, 0.2) is 24.4 Å². The molecule has 1 aromatic heterocycles. The maximum absolute atomic E-state index is 7.42. The van der Waals surface area contributed by atoms with Crippen LogP contribution in [0.25, 0.3) is 10.6 Å². The van der Waals surface area contributed by atoms with E-state index in [1.165, 1.54) is 11.3 Å². The van der Waals surface area contributed by atoms with Gasteiger partial charge in [0.05, 0.1) is 24.2 Å². The molecule has 0 aliphatic carbocycles. The number of benzene rings is 1. The molecule has 0 atom stereocenters. The Morgan fingerprint density at radius 2 is 2.26 bits per heavy atom. The molecule has 0 aliphatic heterocycles. The summed E-state index contributed by atoms with van der Waals surface area (Å²) in [6.45, 7) is 2.46. The van der Waals surface area contributed by atoms with Crippen LogP contribution in [-0.4, -0.2) is 24.5 Å². The second-order valence-electron chi connectivity index (χ2n) is 3.71. The van der Waals surface area contributed by atoms with Crippen LogP contribution in [0.3, 0.4) is 0 Å². The zero-order valence-corrected chi connectivity index (χ0v) is 11.6. The molecule has 0 amide bonds. The fraction of sp³-hybridized carbons (Fsp3) is 0.231. The molecule has 0 fully saturated rings. The topological polar surface area (TPSA) is 81.2 Å². The Kier molecular flexibility index (Phi) is 4.01. The molecule has 6 heteroatoms. The van der Waals surface area contributed by atoms with Crippen LogP contribution in [0.1, 0.15) is 11.8 Å². The standard InChI is InChI=1S/C13H15N3O2S/c1-3-18-11-8(5-4-6-9(11)17-2)13-16-7-10(19-13)12(14)15/h4-7H,3H2,1-2H3,(H3,14,15). The fourth-order valence-electron chi connectivity index (χ4n) is 1.66. The lowest BCUT2D eigenvalue weighted by Gasteiger charge is -2.12. The Morgan fingerprint density at radius 3 is 2.84 bits per heavy atom. The monoisotopic (exact) mass is 277 g/mol. The molecule has 3 N–H and O–H groups in total. The molecule has 0 saturated heterocycles. The van der Waals surface area contributed by atoms with Crippen LogP contribution in [0, 0.1) is 5.41 Å². The first-order valence-electron chi connectivity index (χ1n) is 5.77. The van der Waals surface area contributed by atoms with E-state index in [1.807, 2.05) is 25.1 Å². The van der Waals surface area contributed by atoms with Crippen molar-refractivity contribution in [2.24, 2.45) is 5.73 Å². The summed E-state index contributed by atoms with van der Waals surface area (Å²) >= 11 is 1.36. The molecule has 100 valence electrons. The van der Waals surface area contributed by atoms with E-state index < -0.39 is 0 Å². The summed E-state index contributed by atoms with van der Waals surface area (Å²) < 4.78 is 10.9. The number of rotatable bonds is 5. The quantitative estimate of drug-likeness (QED) is 0.650. The van der Waals surface area contributed by atoms with E-state index >= 15 is 0 Å². The molecule has 0 radical (unpaired) electrons. The summed E-state index contributed by atoms with van der Waals surface area (Å²) in [7, 11) is 1.60. The predicted molar refractivity (Wildman–Crippen MR) is 76.3 cm³/mol. The second kappa shape index (κ2) is 5.71. The third-order valence-electron chi connectivity index (χ3n) is 2.49. The number of thiazole rings is 1. The smallest absolute Gasteiger partial charge is 0.171 e. The Balaban J connectivity index is 2.50. The van der Waals surface area contributed by atoms with Gasteiger partial charge in [-0.15, -0.1) is 11.3 Å². The van der Waals surface area contributed by atoms with Gasteiger partial charge in [-0.05, 0) is 19.1 Å². The van der Waals surface area contributed by atoms with Crippen LogP contribution in [0.4, 0.5) is 0 Å². The van der Waals surface area contributed by atoms with Crippen LogP contribution in [-0.2, 0) is 0 Å². The highest BCUT2D eigenvalue weighted by molar-refractivity contribution is 7.17. The van der Waals surface area contributed by atoms with Gasteiger partial charge in [0.15, 0.2) is 11.5 Å². The highest BCUT2D eigenvalue weighted by Crippen LogP contribution is 2.39. The van der Waals surface area contributed by atoms with Gasteiger partial charge >= 0.3 is 0 Å². The summed E-state index contributed by atoms with van der Waals surface area (Å²) in [5, 5.41) is 8.17. The minimum atomic E-state index is 0.0182. The third kappa shape index (κ3) is 2.68. The highest BCUT2D eigenvalue weighted by atomic mass is 32.1. The SMILES string of the molecule is CCOc1c(OC)cccc1-c1ncc(C(=N)N)s1. The molecule has 1 heterocycles. The third-order valence-corrected chi connectivity index (χ3v) is 3.55. The number of methoxy groups -OCH3 is 1. The average Bonchev–Trinajstić information content (AvgIpc) is 2.89. The molecule has 0 saturated carbocycles. The molecule has 19 heavy (non-hydrogen) atoms. The van der Waals surface area contributed by atoms with Crippen molar-refractivity contribution in [2.45, 2.75) is 6.92 Å². The van der Waals surface area contributed by atoms with Crippen molar-refractivity contribution < 1.29 is 9.47 Å². The lowest BCUT2D eigenvalue weighted by atomic mass is 10.2.